The zero-order valence-corrected chi connectivity index (χ0v) is 25.1. The number of aryl methyl sites for hydroxylation is 2. The van der Waals surface area contributed by atoms with Gasteiger partial charge in [-0.2, -0.15) is 4.31 Å². The van der Waals surface area contributed by atoms with Crippen LogP contribution in [0.1, 0.15) is 53.8 Å². The lowest BCUT2D eigenvalue weighted by molar-refractivity contribution is -0.126. The number of nitrogens with one attached hydrogen (secondary N) is 1. The fraction of sp³-hybridized carbons (Fsp3) is 0.438. The predicted molar refractivity (Wildman–Crippen MR) is 160 cm³/mol. The lowest BCUT2D eigenvalue weighted by Gasteiger charge is -2.33. The Morgan fingerprint density at radius 2 is 1.64 bits per heavy atom. The summed E-state index contributed by atoms with van der Waals surface area (Å²) in [4.78, 5) is 15.4. The van der Waals surface area contributed by atoms with Crippen LogP contribution in [0.3, 0.4) is 0 Å². The van der Waals surface area contributed by atoms with Gasteiger partial charge in [-0.25, -0.2) is 12.8 Å². The minimum Gasteiger partial charge on any atom is -0.356 e. The number of sulfonamides is 1. The highest BCUT2D eigenvalue weighted by Crippen LogP contribution is 2.29. The number of nitrogens with zero attached hydrogens (tertiary/aromatic N) is 3. The molecular weight excluding hydrogens is 555 g/mol. The first-order valence-corrected chi connectivity index (χ1v) is 16.1. The second-order valence-corrected chi connectivity index (χ2v) is 13.3. The van der Waals surface area contributed by atoms with Gasteiger partial charge in [0.25, 0.3) is 0 Å². The van der Waals surface area contributed by atoms with Crippen molar-refractivity contribution in [3.8, 4) is 0 Å². The van der Waals surface area contributed by atoms with Gasteiger partial charge in [0.1, 0.15) is 11.5 Å². The zero-order valence-electron chi connectivity index (χ0n) is 24.3. The molecule has 5 rings (SSSR count). The normalized spacial score (nSPS) is 18.1. The van der Waals surface area contributed by atoms with E-state index in [9.17, 15) is 17.6 Å². The first-order chi connectivity index (χ1) is 20.2. The number of likely N-dealkylation sites (tertiary alicyclic amines) is 1. The van der Waals surface area contributed by atoms with Gasteiger partial charge >= 0.3 is 0 Å². The highest BCUT2D eigenvalue weighted by molar-refractivity contribution is 7.89. The van der Waals surface area contributed by atoms with Crippen molar-refractivity contribution in [1.29, 1.82) is 0 Å². The molecule has 0 bridgehead atoms. The van der Waals surface area contributed by atoms with E-state index in [-0.39, 0.29) is 41.4 Å². The number of carbonyl (C=O) groups is 1. The Hall–Kier alpha value is -3.34. The summed E-state index contributed by atoms with van der Waals surface area (Å²) >= 11 is 0. The molecule has 10 heteroatoms. The number of piperidine rings is 2. The fourth-order valence-electron chi connectivity index (χ4n) is 5.72. The summed E-state index contributed by atoms with van der Waals surface area (Å²) < 4.78 is 47.1. The van der Waals surface area contributed by atoms with Gasteiger partial charge in [-0.05, 0) is 87.9 Å². The largest absolute Gasteiger partial charge is 0.356 e. The van der Waals surface area contributed by atoms with Gasteiger partial charge in [0, 0.05) is 32.1 Å². The Morgan fingerprint density at radius 1 is 0.976 bits per heavy atom. The molecule has 2 fully saturated rings. The molecule has 0 saturated carbocycles. The van der Waals surface area contributed by atoms with E-state index in [2.05, 4.69) is 15.4 Å². The number of amides is 1. The maximum absolute atomic E-state index is 13.6. The lowest BCUT2D eigenvalue weighted by Crippen LogP contribution is -2.44. The maximum Gasteiger partial charge on any atom is 0.248 e. The molecule has 2 aliphatic heterocycles. The van der Waals surface area contributed by atoms with Crippen LogP contribution in [-0.4, -0.2) is 61.4 Å². The van der Waals surface area contributed by atoms with Crippen molar-refractivity contribution in [3.63, 3.8) is 0 Å². The van der Waals surface area contributed by atoms with Crippen molar-refractivity contribution in [1.82, 2.24) is 19.7 Å². The van der Waals surface area contributed by atoms with Gasteiger partial charge in [0.2, 0.25) is 15.9 Å². The van der Waals surface area contributed by atoms with E-state index in [0.717, 1.165) is 49.2 Å². The lowest BCUT2D eigenvalue weighted by atomic mass is 9.94. The van der Waals surface area contributed by atoms with Crippen LogP contribution in [0, 0.1) is 31.5 Å². The average Bonchev–Trinajstić information content (AvgIpc) is 3.38. The topological polar surface area (TPSA) is 95.8 Å². The van der Waals surface area contributed by atoms with E-state index < -0.39 is 10.0 Å². The Kier molecular flexibility index (Phi) is 9.55. The number of aromatic nitrogens is 1. The molecule has 2 saturated heterocycles. The summed E-state index contributed by atoms with van der Waals surface area (Å²) in [6.07, 6.45) is 6.39. The summed E-state index contributed by atoms with van der Waals surface area (Å²) in [5.74, 6) is 0.198. The van der Waals surface area contributed by atoms with E-state index in [0.29, 0.717) is 31.0 Å². The smallest absolute Gasteiger partial charge is 0.248 e. The quantitative estimate of drug-likeness (QED) is 0.374. The van der Waals surface area contributed by atoms with Gasteiger partial charge in [-0.3, -0.25) is 9.69 Å². The third-order valence-corrected chi connectivity index (χ3v) is 10.4. The zero-order chi connectivity index (χ0) is 29.7. The molecule has 1 N–H and O–H groups in total. The standard InChI is InChI=1S/C32H39FN4O4S/c1-23-3-5-25(6-4-23)9-12-30-31(24(2)35-41-30)42(39,40)37-19-15-28(16-20-37)32(38)34-21-26-13-17-36(18-14-26)22-27-7-10-29(33)11-8-27/h3-12,26,28H,13-22H2,1-2H3,(H,34,38). The average molecular weight is 595 g/mol. The Balaban J connectivity index is 1.09. The molecule has 3 aromatic rings. The number of carbonyl (C=O) groups excluding carboxylic acids is 1. The number of halogens is 1. The summed E-state index contributed by atoms with van der Waals surface area (Å²) in [6.45, 7) is 7.51. The van der Waals surface area contributed by atoms with Gasteiger partial charge in [0.05, 0.1) is 0 Å². The van der Waals surface area contributed by atoms with E-state index in [4.69, 9.17) is 4.52 Å². The van der Waals surface area contributed by atoms with Crippen molar-refractivity contribution in [2.75, 3.05) is 32.7 Å². The number of hydrogen-bond donors (Lipinski definition) is 1. The first kappa shape index (κ1) is 30.1. The van der Waals surface area contributed by atoms with Crippen LogP contribution in [0.5, 0.6) is 0 Å². The maximum atomic E-state index is 13.6. The van der Waals surface area contributed by atoms with E-state index in [1.807, 2.05) is 49.4 Å². The molecule has 8 nitrogen and oxygen atoms in total. The van der Waals surface area contributed by atoms with Crippen LogP contribution in [0.25, 0.3) is 12.2 Å². The van der Waals surface area contributed by atoms with Crippen LogP contribution in [0.2, 0.25) is 0 Å². The molecular formula is C32H39FN4O4S. The molecule has 0 radical (unpaired) electrons. The molecule has 3 heterocycles. The van der Waals surface area contributed by atoms with Crippen molar-refractivity contribution < 1.29 is 22.1 Å². The fourth-order valence-corrected chi connectivity index (χ4v) is 7.44. The molecule has 2 aromatic carbocycles. The summed E-state index contributed by atoms with van der Waals surface area (Å²) in [5, 5.41) is 7.06. The number of rotatable bonds is 9. The Bertz CT molecular complexity index is 1490. The molecule has 0 spiro atoms. The molecule has 2 aliphatic rings. The van der Waals surface area contributed by atoms with Gasteiger partial charge in [-0.1, -0.05) is 53.2 Å². The molecule has 0 unspecified atom stereocenters. The molecule has 0 aliphatic carbocycles. The molecule has 224 valence electrons. The number of hydrogen-bond acceptors (Lipinski definition) is 6. The van der Waals surface area contributed by atoms with Crippen LogP contribution in [-0.2, 0) is 21.4 Å². The van der Waals surface area contributed by atoms with Crippen molar-refractivity contribution in [2.24, 2.45) is 11.8 Å². The third-order valence-electron chi connectivity index (χ3n) is 8.35. The van der Waals surface area contributed by atoms with Crippen molar-refractivity contribution >= 4 is 28.1 Å². The van der Waals surface area contributed by atoms with E-state index >= 15 is 0 Å². The molecule has 1 aromatic heterocycles. The number of benzene rings is 2. The van der Waals surface area contributed by atoms with Crippen molar-refractivity contribution in [3.05, 3.63) is 82.5 Å². The third kappa shape index (κ3) is 7.35. The summed E-state index contributed by atoms with van der Waals surface area (Å²) in [7, 11) is -3.83. The Labute approximate surface area is 247 Å². The second kappa shape index (κ2) is 13.3. The van der Waals surface area contributed by atoms with Crippen LogP contribution >= 0.6 is 0 Å². The van der Waals surface area contributed by atoms with E-state index in [1.165, 1.54) is 16.4 Å². The summed E-state index contributed by atoms with van der Waals surface area (Å²) in [5.41, 5.74) is 3.50. The van der Waals surface area contributed by atoms with Gasteiger partial charge < -0.3 is 9.84 Å². The van der Waals surface area contributed by atoms with Crippen LogP contribution < -0.4 is 5.32 Å². The van der Waals surface area contributed by atoms with Crippen molar-refractivity contribution in [2.45, 2.75) is 51.0 Å². The Morgan fingerprint density at radius 3 is 2.31 bits per heavy atom. The van der Waals surface area contributed by atoms with Crippen LogP contribution in [0.15, 0.2) is 57.9 Å². The monoisotopic (exact) mass is 594 g/mol. The minimum absolute atomic E-state index is 0.00340. The molecule has 42 heavy (non-hydrogen) atoms. The molecule has 0 atom stereocenters. The summed E-state index contributed by atoms with van der Waals surface area (Å²) in [6, 6.07) is 14.5. The van der Waals surface area contributed by atoms with Gasteiger partial charge in [-0.15, -0.1) is 0 Å². The predicted octanol–water partition coefficient (Wildman–Crippen LogP) is 5.03. The molecule has 1 amide bonds. The minimum atomic E-state index is -3.83. The van der Waals surface area contributed by atoms with E-state index in [1.54, 1.807) is 13.0 Å². The second-order valence-electron chi connectivity index (χ2n) is 11.5. The SMILES string of the molecule is Cc1ccc(C=Cc2onc(C)c2S(=O)(=O)N2CCC(C(=O)NCC3CCN(Cc4ccc(F)cc4)CC3)CC2)cc1. The van der Waals surface area contributed by atoms with Gasteiger partial charge in [0.15, 0.2) is 10.7 Å². The van der Waals surface area contributed by atoms with Crippen LogP contribution in [0.4, 0.5) is 4.39 Å². The highest BCUT2D eigenvalue weighted by atomic mass is 32.2. The highest BCUT2D eigenvalue weighted by Gasteiger charge is 2.36. The first-order valence-electron chi connectivity index (χ1n) is 14.6.